The Labute approximate surface area is 224 Å². The Balaban J connectivity index is 1.75. The van der Waals surface area contributed by atoms with Crippen LogP contribution in [0.1, 0.15) is 17.0 Å². The molecule has 0 fully saturated rings. The van der Waals surface area contributed by atoms with Crippen LogP contribution >= 0.6 is 19.4 Å². The summed E-state index contributed by atoms with van der Waals surface area (Å²) in [5, 5.41) is 13.5. The fourth-order valence-electron chi connectivity index (χ4n) is 3.49. The summed E-state index contributed by atoms with van der Waals surface area (Å²) in [6, 6.07) is 12.5. The van der Waals surface area contributed by atoms with Crippen molar-refractivity contribution in [3.63, 3.8) is 0 Å². The second-order valence-corrected chi connectivity index (χ2v) is 9.77. The normalized spacial score (nSPS) is 11.3. The molecular formula is C24H18ClFN5O7P. The molecule has 2 aromatic carbocycles. The minimum Gasteiger partial charge on any atom is -0.450 e. The Morgan fingerprint density at radius 2 is 1.85 bits per heavy atom. The van der Waals surface area contributed by atoms with E-state index in [4.69, 9.17) is 31.4 Å². The Morgan fingerprint density at radius 1 is 1.13 bits per heavy atom. The first kappa shape index (κ1) is 27.8. The summed E-state index contributed by atoms with van der Waals surface area (Å²) in [6.45, 7) is 0.406. The Morgan fingerprint density at radius 3 is 2.51 bits per heavy atom. The van der Waals surface area contributed by atoms with Gasteiger partial charge in [0.05, 0.1) is 41.5 Å². The van der Waals surface area contributed by atoms with Crippen molar-refractivity contribution in [2.45, 2.75) is 20.2 Å². The summed E-state index contributed by atoms with van der Waals surface area (Å²) < 4.78 is 36.6. The zero-order valence-corrected chi connectivity index (χ0v) is 21.6. The monoisotopic (exact) mass is 573 g/mol. The molecule has 0 atom stereocenters. The van der Waals surface area contributed by atoms with E-state index in [2.05, 4.69) is 14.6 Å². The van der Waals surface area contributed by atoms with Crippen LogP contribution in [0.15, 0.2) is 64.4 Å². The number of nitrogens with zero attached hydrogens (tertiary/aromatic N) is 5. The number of phosphoric ester groups is 1. The van der Waals surface area contributed by atoms with Crippen LogP contribution in [0.25, 0.3) is 11.1 Å². The molecule has 39 heavy (non-hydrogen) atoms. The van der Waals surface area contributed by atoms with Crippen LogP contribution in [-0.2, 0) is 22.4 Å². The molecule has 15 heteroatoms. The zero-order valence-electron chi connectivity index (χ0n) is 20.0. The second-order valence-electron chi connectivity index (χ2n) is 8.09. The molecule has 0 amide bonds. The van der Waals surface area contributed by atoms with Crippen molar-refractivity contribution < 1.29 is 28.0 Å². The topological polar surface area (TPSA) is 170 Å². The van der Waals surface area contributed by atoms with Gasteiger partial charge in [0, 0.05) is 5.02 Å². The number of rotatable bonds is 8. The number of hydrogen-bond donors (Lipinski definition) is 2. The minimum absolute atomic E-state index is 0.0156. The molecule has 0 aliphatic rings. The summed E-state index contributed by atoms with van der Waals surface area (Å²) in [5.41, 5.74) is -0.519. The van der Waals surface area contributed by atoms with Gasteiger partial charge in [-0.2, -0.15) is 10.4 Å². The van der Waals surface area contributed by atoms with E-state index in [9.17, 15) is 18.5 Å². The largest absolute Gasteiger partial charge is 0.471 e. The molecular weight excluding hydrogens is 556 g/mol. The Hall–Kier alpha value is -4.18. The zero-order chi connectivity index (χ0) is 28.3. The molecule has 200 valence electrons. The van der Waals surface area contributed by atoms with Crippen molar-refractivity contribution in [1.82, 2.24) is 19.3 Å². The highest BCUT2D eigenvalue weighted by Crippen LogP contribution is 2.35. The van der Waals surface area contributed by atoms with Crippen LogP contribution in [0.2, 0.25) is 5.02 Å². The molecule has 0 bridgehead atoms. The second kappa shape index (κ2) is 11.3. The van der Waals surface area contributed by atoms with Crippen LogP contribution in [0.3, 0.4) is 0 Å². The number of ether oxygens (including phenoxy) is 1. The van der Waals surface area contributed by atoms with E-state index in [0.717, 1.165) is 16.7 Å². The molecule has 4 aromatic rings. The number of hydrogen-bond acceptors (Lipinski definition) is 8. The molecule has 0 saturated heterocycles. The summed E-state index contributed by atoms with van der Waals surface area (Å²) >= 11 is 6.02. The van der Waals surface area contributed by atoms with Gasteiger partial charge in [-0.1, -0.05) is 23.7 Å². The van der Waals surface area contributed by atoms with Crippen molar-refractivity contribution in [1.29, 1.82) is 5.26 Å². The smallest absolute Gasteiger partial charge is 0.450 e. The van der Waals surface area contributed by atoms with E-state index in [1.807, 2.05) is 6.07 Å². The van der Waals surface area contributed by atoms with Gasteiger partial charge < -0.3 is 14.5 Å². The van der Waals surface area contributed by atoms with Gasteiger partial charge in [0.1, 0.15) is 11.6 Å². The van der Waals surface area contributed by atoms with Crippen molar-refractivity contribution in [2.75, 3.05) is 0 Å². The quantitative estimate of drug-likeness (QED) is 0.298. The highest BCUT2D eigenvalue weighted by atomic mass is 35.5. The molecule has 2 heterocycles. The summed E-state index contributed by atoms with van der Waals surface area (Å²) in [4.78, 5) is 48.5. The first-order chi connectivity index (χ1) is 18.4. The number of halogens is 2. The van der Waals surface area contributed by atoms with Gasteiger partial charge in [0.2, 0.25) is 5.75 Å². The molecule has 2 aromatic heterocycles. The van der Waals surface area contributed by atoms with Crippen LogP contribution in [0.5, 0.6) is 11.5 Å². The van der Waals surface area contributed by atoms with Crippen LogP contribution < -0.4 is 15.9 Å². The average molecular weight is 574 g/mol. The number of phosphoric acid groups is 1. The molecule has 0 radical (unpaired) electrons. The number of benzene rings is 2. The van der Waals surface area contributed by atoms with Crippen LogP contribution in [0, 0.1) is 24.1 Å². The van der Waals surface area contributed by atoms with Gasteiger partial charge in [0.25, 0.3) is 11.1 Å². The maximum Gasteiger partial charge on any atom is 0.471 e. The van der Waals surface area contributed by atoms with Gasteiger partial charge in [-0.25, -0.2) is 18.6 Å². The third kappa shape index (κ3) is 6.83. The van der Waals surface area contributed by atoms with Crippen LogP contribution in [-0.4, -0.2) is 29.1 Å². The average Bonchev–Trinajstić information content (AvgIpc) is 2.88. The third-order valence-corrected chi connectivity index (χ3v) is 5.93. The van der Waals surface area contributed by atoms with E-state index in [1.165, 1.54) is 42.7 Å². The summed E-state index contributed by atoms with van der Waals surface area (Å²) in [5.74, 6) is -0.552. The van der Waals surface area contributed by atoms with Gasteiger partial charge in [-0.15, -0.1) is 0 Å². The maximum absolute atomic E-state index is 13.5. The fraction of sp³-hybridized carbons (Fsp3) is 0.125. The van der Waals surface area contributed by atoms with Crippen molar-refractivity contribution in [3.8, 4) is 28.7 Å². The van der Waals surface area contributed by atoms with Gasteiger partial charge in [-0.3, -0.25) is 18.7 Å². The molecule has 0 aliphatic heterocycles. The van der Waals surface area contributed by atoms with Gasteiger partial charge in [-0.05, 0) is 48.9 Å². The lowest BCUT2D eigenvalue weighted by molar-refractivity contribution is 0.141. The van der Waals surface area contributed by atoms with E-state index in [0.29, 0.717) is 10.2 Å². The first-order valence-corrected chi connectivity index (χ1v) is 12.9. The lowest BCUT2D eigenvalue weighted by Gasteiger charge is -2.14. The van der Waals surface area contributed by atoms with Crippen molar-refractivity contribution in [3.05, 3.63) is 103 Å². The Bertz CT molecular complexity index is 1760. The molecule has 0 aliphatic carbocycles. The lowest BCUT2D eigenvalue weighted by Crippen LogP contribution is -2.29. The molecule has 2 N–H and O–H groups in total. The number of nitriles is 1. The molecule has 12 nitrogen and oxygen atoms in total. The highest BCUT2D eigenvalue weighted by Gasteiger charge is 2.19. The first-order valence-electron chi connectivity index (χ1n) is 10.9. The van der Waals surface area contributed by atoms with E-state index < -0.39 is 31.5 Å². The molecule has 0 unspecified atom stereocenters. The van der Waals surface area contributed by atoms with Crippen LogP contribution in [0.4, 0.5) is 4.39 Å². The molecule has 0 saturated carbocycles. The standard InChI is InChI=1S/C24H18ClFN5O7P/c1-14-22(38-20-7-15(10-27)6-17(25)8-20)24(33)30(12-28-14)11-19-9-21(16-2-4-18(26)5-3-16)23(32)31(29-19)13-37-39(34,35)36/h2-9,12H,11,13H2,1H3,(H2,34,35,36). The molecule has 4 rings (SSSR count). The van der Waals surface area contributed by atoms with E-state index in [1.54, 1.807) is 6.92 Å². The highest BCUT2D eigenvalue weighted by molar-refractivity contribution is 7.46. The summed E-state index contributed by atoms with van der Waals surface area (Å²) in [7, 11) is -4.95. The van der Waals surface area contributed by atoms with Crippen molar-refractivity contribution in [2.24, 2.45) is 0 Å². The third-order valence-electron chi connectivity index (χ3n) is 5.26. The summed E-state index contributed by atoms with van der Waals surface area (Å²) in [6.07, 6.45) is 1.23. The van der Waals surface area contributed by atoms with Gasteiger partial charge >= 0.3 is 7.82 Å². The number of aryl methyl sites for hydroxylation is 1. The van der Waals surface area contributed by atoms with E-state index in [-0.39, 0.29) is 45.6 Å². The molecule has 0 spiro atoms. The lowest BCUT2D eigenvalue weighted by atomic mass is 10.1. The SMILES string of the molecule is Cc1ncn(Cc2cc(-c3ccc(F)cc3)c(=O)n(COP(=O)(O)O)n2)c(=O)c1Oc1cc(Cl)cc(C#N)c1. The van der Waals surface area contributed by atoms with Gasteiger partial charge in [0.15, 0.2) is 6.73 Å². The predicted molar refractivity (Wildman–Crippen MR) is 136 cm³/mol. The minimum atomic E-state index is -4.95. The van der Waals surface area contributed by atoms with E-state index >= 15 is 0 Å². The fourth-order valence-corrected chi connectivity index (χ4v) is 3.97. The number of aromatic nitrogens is 4. The van der Waals surface area contributed by atoms with Crippen molar-refractivity contribution >= 4 is 19.4 Å². The predicted octanol–water partition coefficient (Wildman–Crippen LogP) is 3.35. The Kier molecular flexibility index (Phi) is 8.06. The maximum atomic E-state index is 13.5.